The molecule has 0 amide bonds. The van der Waals surface area contributed by atoms with E-state index in [-0.39, 0.29) is 5.78 Å². The molecule has 2 aromatic rings. The lowest BCUT2D eigenvalue weighted by Gasteiger charge is -2.32. The van der Waals surface area contributed by atoms with Crippen molar-refractivity contribution in [1.29, 1.82) is 0 Å². The number of fused-ring (bicyclic) bond motifs is 1. The zero-order valence-corrected chi connectivity index (χ0v) is 15.3. The summed E-state index contributed by atoms with van der Waals surface area (Å²) in [5, 5.41) is 0. The van der Waals surface area contributed by atoms with Crippen molar-refractivity contribution in [2.45, 2.75) is 38.6 Å². The summed E-state index contributed by atoms with van der Waals surface area (Å²) in [4.78, 5) is 15.1. The molecule has 0 spiro atoms. The molecule has 1 saturated heterocycles. The lowest BCUT2D eigenvalue weighted by molar-refractivity contribution is 0.0961. The van der Waals surface area contributed by atoms with E-state index in [4.69, 9.17) is 4.74 Å². The van der Waals surface area contributed by atoms with Crippen molar-refractivity contribution in [3.8, 4) is 5.75 Å². The Morgan fingerprint density at radius 2 is 1.88 bits per heavy atom. The summed E-state index contributed by atoms with van der Waals surface area (Å²) in [6.07, 6.45) is 5.03. The third-order valence-electron chi connectivity index (χ3n) is 5.75. The highest BCUT2D eigenvalue weighted by Gasteiger charge is 2.21. The maximum Gasteiger partial charge on any atom is 0.162 e. The van der Waals surface area contributed by atoms with Gasteiger partial charge in [0, 0.05) is 24.9 Å². The molecule has 0 atom stereocenters. The molecular formula is C23H27NO2. The quantitative estimate of drug-likeness (QED) is 0.719. The molecule has 136 valence electrons. The van der Waals surface area contributed by atoms with Crippen molar-refractivity contribution in [3.63, 3.8) is 0 Å². The van der Waals surface area contributed by atoms with Gasteiger partial charge in [0.2, 0.25) is 0 Å². The van der Waals surface area contributed by atoms with E-state index in [1.807, 2.05) is 18.2 Å². The van der Waals surface area contributed by atoms with Crippen LogP contribution in [0, 0.1) is 5.92 Å². The largest absolute Gasteiger partial charge is 0.493 e. The van der Waals surface area contributed by atoms with E-state index in [0.717, 1.165) is 50.4 Å². The van der Waals surface area contributed by atoms with Gasteiger partial charge in [-0.25, -0.2) is 0 Å². The Hall–Kier alpha value is -2.13. The lowest BCUT2D eigenvalue weighted by atomic mass is 9.90. The highest BCUT2D eigenvalue weighted by Crippen LogP contribution is 2.28. The molecule has 0 radical (unpaired) electrons. The van der Waals surface area contributed by atoms with Gasteiger partial charge in [0.25, 0.3) is 0 Å². The van der Waals surface area contributed by atoms with Gasteiger partial charge in [0.15, 0.2) is 5.78 Å². The molecular weight excluding hydrogens is 322 g/mol. The number of nitrogens with zero attached hydrogens (tertiary/aromatic N) is 1. The predicted molar refractivity (Wildman–Crippen MR) is 104 cm³/mol. The van der Waals surface area contributed by atoms with Gasteiger partial charge in [0.05, 0.1) is 6.61 Å². The average molecular weight is 349 g/mol. The minimum Gasteiger partial charge on any atom is -0.493 e. The summed E-state index contributed by atoms with van der Waals surface area (Å²) < 4.78 is 5.52. The van der Waals surface area contributed by atoms with Gasteiger partial charge in [-0.3, -0.25) is 9.69 Å². The molecule has 0 N–H and O–H groups in total. The second kappa shape index (κ2) is 8.05. The Bertz CT molecular complexity index is 748. The molecule has 2 aliphatic rings. The number of carbonyl (C=O) groups is 1. The van der Waals surface area contributed by atoms with Gasteiger partial charge >= 0.3 is 0 Å². The summed E-state index contributed by atoms with van der Waals surface area (Å²) in [7, 11) is 0. The topological polar surface area (TPSA) is 29.5 Å². The van der Waals surface area contributed by atoms with Gasteiger partial charge in [-0.1, -0.05) is 30.3 Å². The molecule has 26 heavy (non-hydrogen) atoms. The molecule has 0 saturated carbocycles. The number of benzene rings is 2. The standard InChI is InChI=1S/C23H27NO2/c25-22(20-7-9-23-21(16-20)12-15-26-23)8-6-18-10-13-24(14-11-18)17-19-4-2-1-3-5-19/h1-5,7,9,16,18H,6,8,10-15,17H2. The molecule has 1 fully saturated rings. The zero-order chi connectivity index (χ0) is 17.8. The summed E-state index contributed by atoms with van der Waals surface area (Å²) in [6.45, 7) is 4.08. The number of ketones is 1. The smallest absolute Gasteiger partial charge is 0.162 e. The van der Waals surface area contributed by atoms with Gasteiger partial charge in [-0.2, -0.15) is 0 Å². The summed E-state index contributed by atoms with van der Waals surface area (Å²) in [5.74, 6) is 1.92. The van der Waals surface area contributed by atoms with E-state index < -0.39 is 0 Å². The fourth-order valence-electron chi connectivity index (χ4n) is 4.11. The van der Waals surface area contributed by atoms with Crippen molar-refractivity contribution in [3.05, 3.63) is 65.2 Å². The average Bonchev–Trinajstić information content (AvgIpc) is 3.16. The van der Waals surface area contributed by atoms with Crippen molar-refractivity contribution < 1.29 is 9.53 Å². The molecule has 4 rings (SSSR count). The van der Waals surface area contributed by atoms with E-state index in [0.29, 0.717) is 12.3 Å². The molecule has 2 heterocycles. The van der Waals surface area contributed by atoms with Crippen LogP contribution < -0.4 is 4.74 Å². The van der Waals surface area contributed by atoms with Gasteiger partial charge in [-0.15, -0.1) is 0 Å². The molecule has 2 aliphatic heterocycles. The highest BCUT2D eigenvalue weighted by molar-refractivity contribution is 5.96. The number of ether oxygens (including phenoxy) is 1. The summed E-state index contributed by atoms with van der Waals surface area (Å²) in [6, 6.07) is 16.6. The number of Topliss-reactive ketones (excluding diaryl/α,β-unsaturated/α-hetero) is 1. The molecule has 0 aliphatic carbocycles. The number of hydrogen-bond donors (Lipinski definition) is 0. The Balaban J connectivity index is 1.23. The Labute approximate surface area is 156 Å². The monoisotopic (exact) mass is 349 g/mol. The Morgan fingerprint density at radius 1 is 1.08 bits per heavy atom. The van der Waals surface area contributed by atoms with Crippen LogP contribution >= 0.6 is 0 Å². The Morgan fingerprint density at radius 3 is 2.69 bits per heavy atom. The van der Waals surface area contributed by atoms with Crippen molar-refractivity contribution >= 4 is 5.78 Å². The number of rotatable bonds is 6. The van der Waals surface area contributed by atoms with Crippen molar-refractivity contribution in [2.75, 3.05) is 19.7 Å². The first-order valence-corrected chi connectivity index (χ1v) is 9.83. The first-order chi connectivity index (χ1) is 12.8. The molecule has 0 unspecified atom stereocenters. The lowest BCUT2D eigenvalue weighted by Crippen LogP contribution is -2.33. The molecule has 0 aromatic heterocycles. The van der Waals surface area contributed by atoms with Crippen LogP contribution in [0.15, 0.2) is 48.5 Å². The van der Waals surface area contributed by atoms with E-state index in [1.165, 1.54) is 24.0 Å². The van der Waals surface area contributed by atoms with Crippen LogP contribution in [0.4, 0.5) is 0 Å². The predicted octanol–water partition coefficient (Wildman–Crippen LogP) is 4.50. The first kappa shape index (κ1) is 17.3. The Kier molecular flexibility index (Phi) is 5.35. The number of hydrogen-bond acceptors (Lipinski definition) is 3. The van der Waals surface area contributed by atoms with Gasteiger partial charge in [-0.05, 0) is 67.6 Å². The summed E-state index contributed by atoms with van der Waals surface area (Å²) in [5.41, 5.74) is 3.43. The molecule has 3 nitrogen and oxygen atoms in total. The van der Waals surface area contributed by atoms with Crippen LogP contribution in [0.25, 0.3) is 0 Å². The van der Waals surface area contributed by atoms with E-state index >= 15 is 0 Å². The van der Waals surface area contributed by atoms with E-state index in [1.54, 1.807) is 0 Å². The van der Waals surface area contributed by atoms with Crippen LogP contribution in [0.5, 0.6) is 5.75 Å². The van der Waals surface area contributed by atoms with Crippen LogP contribution in [0.2, 0.25) is 0 Å². The maximum atomic E-state index is 12.5. The van der Waals surface area contributed by atoms with Crippen LogP contribution in [-0.4, -0.2) is 30.4 Å². The van der Waals surface area contributed by atoms with Crippen LogP contribution in [-0.2, 0) is 13.0 Å². The van der Waals surface area contributed by atoms with Crippen LogP contribution in [0.1, 0.15) is 47.2 Å². The molecule has 0 bridgehead atoms. The first-order valence-electron chi connectivity index (χ1n) is 9.83. The second-order valence-corrected chi connectivity index (χ2v) is 7.59. The fourth-order valence-corrected chi connectivity index (χ4v) is 4.11. The van der Waals surface area contributed by atoms with Crippen molar-refractivity contribution in [1.82, 2.24) is 4.90 Å². The maximum absolute atomic E-state index is 12.5. The number of carbonyl (C=O) groups excluding carboxylic acids is 1. The second-order valence-electron chi connectivity index (χ2n) is 7.59. The van der Waals surface area contributed by atoms with Crippen LogP contribution in [0.3, 0.4) is 0 Å². The highest BCUT2D eigenvalue weighted by atomic mass is 16.5. The minimum absolute atomic E-state index is 0.284. The zero-order valence-electron chi connectivity index (χ0n) is 15.3. The number of piperidine rings is 1. The minimum atomic E-state index is 0.284. The summed E-state index contributed by atoms with van der Waals surface area (Å²) >= 11 is 0. The third-order valence-corrected chi connectivity index (χ3v) is 5.75. The van der Waals surface area contributed by atoms with E-state index in [9.17, 15) is 4.79 Å². The SMILES string of the molecule is O=C(CCC1CCN(Cc2ccccc2)CC1)c1ccc2c(c1)CCO2. The molecule has 3 heteroatoms. The third kappa shape index (κ3) is 4.16. The van der Waals surface area contributed by atoms with Gasteiger partial charge in [0.1, 0.15) is 5.75 Å². The normalized spacial score (nSPS) is 17.7. The fraction of sp³-hybridized carbons (Fsp3) is 0.435. The van der Waals surface area contributed by atoms with Crippen molar-refractivity contribution in [2.24, 2.45) is 5.92 Å². The van der Waals surface area contributed by atoms with Gasteiger partial charge < -0.3 is 4.74 Å². The van der Waals surface area contributed by atoms with E-state index in [2.05, 4.69) is 35.2 Å². The molecule has 2 aromatic carbocycles. The number of likely N-dealkylation sites (tertiary alicyclic amines) is 1.